The summed E-state index contributed by atoms with van der Waals surface area (Å²) < 4.78 is 39.0. The lowest BCUT2D eigenvalue weighted by Crippen LogP contribution is -2.41. The highest BCUT2D eigenvalue weighted by molar-refractivity contribution is 6.31. The Morgan fingerprint density at radius 2 is 1.60 bits per heavy atom. The predicted molar refractivity (Wildman–Crippen MR) is 126 cm³/mol. The second-order valence-electron chi connectivity index (χ2n) is 7.57. The summed E-state index contributed by atoms with van der Waals surface area (Å²) in [5.41, 5.74) is 0.642. The number of nitrogens with zero attached hydrogens (tertiary/aromatic N) is 1. The molecule has 182 valence electrons. The summed E-state index contributed by atoms with van der Waals surface area (Å²) in [5, 5.41) is 6.93. The van der Waals surface area contributed by atoms with Crippen LogP contribution in [0, 0.1) is 0 Å². The van der Waals surface area contributed by atoms with Crippen molar-refractivity contribution in [3.05, 3.63) is 76.9 Å². The molecule has 0 saturated heterocycles. The Bertz CT molecular complexity index is 1250. The van der Waals surface area contributed by atoms with Crippen LogP contribution in [0.5, 0.6) is 0 Å². The van der Waals surface area contributed by atoms with Crippen molar-refractivity contribution in [2.45, 2.75) is 26.1 Å². The normalized spacial score (nSPS) is 11.9. The van der Waals surface area contributed by atoms with E-state index in [1.54, 1.807) is 42.6 Å². The van der Waals surface area contributed by atoms with Crippen molar-refractivity contribution in [1.29, 1.82) is 0 Å². The summed E-state index contributed by atoms with van der Waals surface area (Å²) in [6.07, 6.45) is -3.10. The van der Waals surface area contributed by atoms with Crippen molar-refractivity contribution < 1.29 is 27.6 Å². The van der Waals surface area contributed by atoms with Crippen molar-refractivity contribution in [3.63, 3.8) is 0 Å². The smallest absolute Gasteiger partial charge is 0.341 e. The Kier molecular flexibility index (Phi) is 7.75. The Hall–Kier alpha value is -3.92. The van der Waals surface area contributed by atoms with Gasteiger partial charge in [-0.15, -0.1) is 0 Å². The van der Waals surface area contributed by atoms with Crippen molar-refractivity contribution >= 4 is 40.8 Å². The summed E-state index contributed by atoms with van der Waals surface area (Å²) >= 11 is 5.58. The fraction of sp³-hybridized carbons (Fsp3) is 0.167. The Labute approximate surface area is 203 Å². The van der Waals surface area contributed by atoms with Gasteiger partial charge in [-0.3, -0.25) is 14.4 Å². The second kappa shape index (κ2) is 10.6. The number of halogens is 4. The Morgan fingerprint density at radius 3 is 2.17 bits per heavy atom. The molecule has 0 fully saturated rings. The van der Waals surface area contributed by atoms with Crippen molar-refractivity contribution in [2.75, 3.05) is 10.6 Å². The SMILES string of the molecule is CC(=O)Nc1ccc(-c2ccc(C(=O)N[C@@H](C)C(=O)Nc3ccc(Cl)c(C(F)(F)F)c3)cc2)cn1. The number of carbonyl (C=O) groups excluding carboxylic acids is 3. The number of amides is 3. The molecular formula is C24H20ClF3N4O3. The summed E-state index contributed by atoms with van der Waals surface area (Å²) in [6.45, 7) is 2.79. The van der Waals surface area contributed by atoms with Gasteiger partial charge in [0, 0.05) is 29.9 Å². The number of anilines is 2. The summed E-state index contributed by atoms with van der Waals surface area (Å²) in [7, 11) is 0. The molecule has 7 nitrogen and oxygen atoms in total. The molecule has 11 heteroatoms. The minimum Gasteiger partial charge on any atom is -0.341 e. The molecule has 35 heavy (non-hydrogen) atoms. The maximum Gasteiger partial charge on any atom is 0.417 e. The molecule has 1 aromatic heterocycles. The third-order valence-corrected chi connectivity index (χ3v) is 5.16. The number of carbonyl (C=O) groups is 3. The van der Waals surface area contributed by atoms with Crippen molar-refractivity contribution in [2.24, 2.45) is 0 Å². The average Bonchev–Trinajstić information content (AvgIpc) is 2.79. The molecule has 1 heterocycles. The monoisotopic (exact) mass is 504 g/mol. The van der Waals surface area contributed by atoms with Crippen molar-refractivity contribution in [1.82, 2.24) is 10.3 Å². The molecule has 1 atom stereocenters. The molecule has 0 aliphatic rings. The minimum absolute atomic E-state index is 0.102. The fourth-order valence-electron chi connectivity index (χ4n) is 3.05. The van der Waals surface area contributed by atoms with E-state index in [9.17, 15) is 27.6 Å². The molecule has 0 radical (unpaired) electrons. The van der Waals surface area contributed by atoms with E-state index in [4.69, 9.17) is 11.6 Å². The molecule has 3 aromatic rings. The quantitative estimate of drug-likeness (QED) is 0.433. The zero-order chi connectivity index (χ0) is 25.8. The van der Waals surface area contributed by atoms with E-state index >= 15 is 0 Å². The molecule has 3 N–H and O–H groups in total. The van der Waals surface area contributed by atoms with Crippen LogP contribution >= 0.6 is 11.6 Å². The maximum absolute atomic E-state index is 13.0. The first-order valence-corrected chi connectivity index (χ1v) is 10.6. The molecule has 0 spiro atoms. The molecule has 0 bridgehead atoms. The van der Waals surface area contributed by atoms with Gasteiger partial charge in [0.2, 0.25) is 11.8 Å². The van der Waals surface area contributed by atoms with Crippen LogP contribution in [0.2, 0.25) is 5.02 Å². The topological polar surface area (TPSA) is 100 Å². The molecule has 0 saturated carbocycles. The average molecular weight is 505 g/mol. The van der Waals surface area contributed by atoms with E-state index in [2.05, 4.69) is 20.9 Å². The standard InChI is InChI=1S/C24H20ClF3N4O3/c1-13(22(34)32-18-8-9-20(25)19(11-18)24(26,27)28)30-23(35)16-5-3-15(4-6-16)17-7-10-21(29-12-17)31-14(2)33/h3-13H,1-2H3,(H,30,35)(H,32,34)(H,29,31,33)/t13-/m0/s1. The fourth-order valence-corrected chi connectivity index (χ4v) is 3.27. The lowest BCUT2D eigenvalue weighted by molar-refractivity contribution is -0.137. The van der Waals surface area contributed by atoms with Crippen LogP contribution in [0.4, 0.5) is 24.7 Å². The van der Waals surface area contributed by atoms with Crippen LogP contribution in [0.25, 0.3) is 11.1 Å². The number of alkyl halides is 3. The molecular weight excluding hydrogens is 485 g/mol. The lowest BCUT2D eigenvalue weighted by atomic mass is 10.1. The van der Waals surface area contributed by atoms with Gasteiger partial charge in [-0.25, -0.2) is 4.98 Å². The molecule has 3 rings (SSSR count). The first-order chi connectivity index (χ1) is 16.4. The van der Waals surface area contributed by atoms with E-state index < -0.39 is 34.6 Å². The highest BCUT2D eigenvalue weighted by atomic mass is 35.5. The minimum atomic E-state index is -4.67. The summed E-state index contributed by atoms with van der Waals surface area (Å²) in [6, 6.07) is 11.9. The number of nitrogens with one attached hydrogen (secondary N) is 3. The molecule has 3 amide bonds. The number of hydrogen-bond donors (Lipinski definition) is 3. The van der Waals surface area contributed by atoms with Gasteiger partial charge < -0.3 is 16.0 Å². The number of rotatable bonds is 6. The third-order valence-electron chi connectivity index (χ3n) is 4.83. The van der Waals surface area contributed by atoms with Crippen LogP contribution < -0.4 is 16.0 Å². The van der Waals surface area contributed by atoms with Gasteiger partial charge in [-0.05, 0) is 55.0 Å². The van der Waals surface area contributed by atoms with Gasteiger partial charge >= 0.3 is 6.18 Å². The van der Waals surface area contributed by atoms with E-state index in [-0.39, 0.29) is 17.2 Å². The third kappa shape index (κ3) is 6.80. The van der Waals surface area contributed by atoms with Crippen LogP contribution in [-0.2, 0) is 15.8 Å². The van der Waals surface area contributed by atoms with E-state index in [0.29, 0.717) is 5.82 Å². The second-order valence-corrected chi connectivity index (χ2v) is 7.97. The maximum atomic E-state index is 13.0. The summed E-state index contributed by atoms with van der Waals surface area (Å²) in [5.74, 6) is -1.05. The zero-order valence-corrected chi connectivity index (χ0v) is 19.3. The van der Waals surface area contributed by atoms with Gasteiger partial charge in [0.1, 0.15) is 11.9 Å². The Morgan fingerprint density at radius 1 is 0.943 bits per heavy atom. The van der Waals surface area contributed by atoms with Gasteiger partial charge in [0.25, 0.3) is 5.91 Å². The summed E-state index contributed by atoms with van der Waals surface area (Å²) in [4.78, 5) is 40.1. The van der Waals surface area contributed by atoms with Crippen LogP contribution in [-0.4, -0.2) is 28.7 Å². The zero-order valence-electron chi connectivity index (χ0n) is 18.5. The van der Waals surface area contributed by atoms with Gasteiger partial charge in [0.05, 0.1) is 10.6 Å². The van der Waals surface area contributed by atoms with Gasteiger partial charge in [-0.1, -0.05) is 23.7 Å². The number of aromatic nitrogens is 1. The van der Waals surface area contributed by atoms with Gasteiger partial charge in [0.15, 0.2) is 0 Å². The molecule has 0 aliphatic carbocycles. The van der Waals surface area contributed by atoms with Crippen molar-refractivity contribution in [3.8, 4) is 11.1 Å². The molecule has 2 aromatic carbocycles. The molecule has 0 aliphatic heterocycles. The van der Waals surface area contributed by atoms with E-state index in [1.165, 1.54) is 19.9 Å². The first kappa shape index (κ1) is 25.7. The highest BCUT2D eigenvalue weighted by Crippen LogP contribution is 2.36. The van der Waals surface area contributed by atoms with Crippen LogP contribution in [0.15, 0.2) is 60.8 Å². The Balaban J connectivity index is 1.62. The largest absolute Gasteiger partial charge is 0.417 e. The van der Waals surface area contributed by atoms with E-state index in [0.717, 1.165) is 23.3 Å². The molecule has 0 unspecified atom stereocenters. The van der Waals surface area contributed by atoms with E-state index in [1.807, 2.05) is 0 Å². The van der Waals surface area contributed by atoms with Gasteiger partial charge in [-0.2, -0.15) is 13.2 Å². The predicted octanol–water partition coefficient (Wildman–Crippen LogP) is 5.14. The van der Waals surface area contributed by atoms with Crippen LogP contribution in [0.1, 0.15) is 29.8 Å². The number of benzene rings is 2. The number of hydrogen-bond acceptors (Lipinski definition) is 4. The number of pyridine rings is 1. The lowest BCUT2D eigenvalue weighted by Gasteiger charge is -2.16. The van der Waals surface area contributed by atoms with Crippen LogP contribution in [0.3, 0.4) is 0 Å². The first-order valence-electron chi connectivity index (χ1n) is 10.3. The highest BCUT2D eigenvalue weighted by Gasteiger charge is 2.33.